The molecule has 3 nitrogen and oxygen atoms in total. The minimum atomic E-state index is 0.483. The number of aryl methyl sites for hydroxylation is 1. The Bertz CT molecular complexity index is 420. The highest BCUT2D eigenvalue weighted by Crippen LogP contribution is 2.28. The van der Waals surface area contributed by atoms with E-state index in [0.717, 1.165) is 17.3 Å². The van der Waals surface area contributed by atoms with Gasteiger partial charge in [-0.1, -0.05) is 6.92 Å². The molecule has 2 rings (SSSR count). The molecule has 0 saturated heterocycles. The summed E-state index contributed by atoms with van der Waals surface area (Å²) >= 11 is 0. The van der Waals surface area contributed by atoms with Crippen LogP contribution in [0.3, 0.4) is 0 Å². The van der Waals surface area contributed by atoms with E-state index >= 15 is 0 Å². The lowest BCUT2D eigenvalue weighted by Gasteiger charge is -2.14. The van der Waals surface area contributed by atoms with Gasteiger partial charge in [0.05, 0.1) is 5.56 Å². The molecule has 0 bridgehead atoms. The third-order valence-electron chi connectivity index (χ3n) is 3.31. The zero-order chi connectivity index (χ0) is 11.5. The molecule has 0 amide bonds. The fourth-order valence-corrected chi connectivity index (χ4v) is 2.34. The number of nitriles is 1. The Morgan fingerprint density at radius 3 is 2.94 bits per heavy atom. The molecule has 0 aromatic carbocycles. The first-order chi connectivity index (χ1) is 7.70. The van der Waals surface area contributed by atoms with Gasteiger partial charge in [-0.15, -0.1) is 0 Å². The fraction of sp³-hybridized carbons (Fsp3) is 0.538. The van der Waals surface area contributed by atoms with E-state index in [1.807, 2.05) is 13.0 Å². The topological polar surface area (TPSA) is 48.7 Å². The molecule has 1 N–H and O–H groups in total. The molecule has 2 unspecified atom stereocenters. The Labute approximate surface area is 96.5 Å². The minimum absolute atomic E-state index is 0.483. The molecule has 1 aliphatic carbocycles. The van der Waals surface area contributed by atoms with E-state index in [2.05, 4.69) is 23.3 Å². The van der Waals surface area contributed by atoms with Crippen LogP contribution in [0, 0.1) is 24.2 Å². The molecular formula is C13H17N3. The maximum Gasteiger partial charge on any atom is 0.144 e. The van der Waals surface area contributed by atoms with Crippen molar-refractivity contribution in [1.29, 1.82) is 5.26 Å². The van der Waals surface area contributed by atoms with Crippen molar-refractivity contribution in [2.45, 2.75) is 39.2 Å². The lowest BCUT2D eigenvalue weighted by molar-refractivity contribution is 0.602. The molecule has 1 aromatic rings. The first-order valence-corrected chi connectivity index (χ1v) is 5.83. The zero-order valence-corrected chi connectivity index (χ0v) is 9.83. The van der Waals surface area contributed by atoms with Crippen LogP contribution in [0.15, 0.2) is 12.3 Å². The van der Waals surface area contributed by atoms with Crippen LogP contribution in [0.1, 0.15) is 37.3 Å². The molecule has 1 saturated carbocycles. The van der Waals surface area contributed by atoms with Gasteiger partial charge >= 0.3 is 0 Å². The zero-order valence-electron chi connectivity index (χ0n) is 9.83. The molecule has 1 aliphatic rings. The van der Waals surface area contributed by atoms with Gasteiger partial charge in [0.25, 0.3) is 0 Å². The first-order valence-electron chi connectivity index (χ1n) is 5.83. The van der Waals surface area contributed by atoms with E-state index in [1.54, 1.807) is 6.20 Å². The number of nitrogens with one attached hydrogen (secondary N) is 1. The predicted octanol–water partition coefficient (Wildman–Crippen LogP) is 2.86. The maximum atomic E-state index is 9.10. The molecular weight excluding hydrogens is 198 g/mol. The van der Waals surface area contributed by atoms with Crippen molar-refractivity contribution < 1.29 is 0 Å². The smallest absolute Gasteiger partial charge is 0.144 e. The fourth-order valence-electron chi connectivity index (χ4n) is 2.34. The van der Waals surface area contributed by atoms with E-state index < -0.39 is 0 Å². The van der Waals surface area contributed by atoms with Crippen molar-refractivity contribution in [3.05, 3.63) is 23.4 Å². The highest BCUT2D eigenvalue weighted by Gasteiger charge is 2.22. The van der Waals surface area contributed by atoms with Gasteiger partial charge in [0.15, 0.2) is 0 Å². The normalized spacial score (nSPS) is 24.1. The van der Waals surface area contributed by atoms with E-state index in [-0.39, 0.29) is 0 Å². The molecule has 16 heavy (non-hydrogen) atoms. The summed E-state index contributed by atoms with van der Waals surface area (Å²) in [4.78, 5) is 4.27. The Hall–Kier alpha value is -1.56. The molecule has 1 aromatic heterocycles. The monoisotopic (exact) mass is 215 g/mol. The van der Waals surface area contributed by atoms with E-state index in [0.29, 0.717) is 11.6 Å². The first kappa shape index (κ1) is 10.9. The SMILES string of the molecule is Cc1ccnc(NC2CCC(C)C2)c1C#N. The van der Waals surface area contributed by atoms with E-state index in [9.17, 15) is 0 Å². The second kappa shape index (κ2) is 4.52. The number of pyridine rings is 1. The van der Waals surface area contributed by atoms with Crippen molar-refractivity contribution in [2.24, 2.45) is 5.92 Å². The number of hydrogen-bond donors (Lipinski definition) is 1. The van der Waals surface area contributed by atoms with Crippen LogP contribution in [0.4, 0.5) is 5.82 Å². The van der Waals surface area contributed by atoms with Gasteiger partial charge in [-0.2, -0.15) is 5.26 Å². The van der Waals surface area contributed by atoms with Crippen LogP contribution in [0.5, 0.6) is 0 Å². The quantitative estimate of drug-likeness (QED) is 0.825. The number of nitrogens with zero attached hydrogens (tertiary/aromatic N) is 2. The van der Waals surface area contributed by atoms with Crippen LogP contribution < -0.4 is 5.32 Å². The Morgan fingerprint density at radius 1 is 1.50 bits per heavy atom. The lowest BCUT2D eigenvalue weighted by Crippen LogP contribution is -2.17. The van der Waals surface area contributed by atoms with Crippen molar-refractivity contribution in [3.8, 4) is 6.07 Å². The van der Waals surface area contributed by atoms with Crippen molar-refractivity contribution in [2.75, 3.05) is 5.32 Å². The third-order valence-corrected chi connectivity index (χ3v) is 3.31. The number of hydrogen-bond acceptors (Lipinski definition) is 3. The van der Waals surface area contributed by atoms with Crippen LogP contribution in [0.2, 0.25) is 0 Å². The van der Waals surface area contributed by atoms with Crippen LogP contribution in [-0.2, 0) is 0 Å². The molecule has 84 valence electrons. The summed E-state index contributed by atoms with van der Waals surface area (Å²) in [5, 5.41) is 12.5. The molecule has 0 aliphatic heterocycles. The Balaban J connectivity index is 2.16. The summed E-state index contributed by atoms with van der Waals surface area (Å²) in [7, 11) is 0. The summed E-state index contributed by atoms with van der Waals surface area (Å²) in [5.41, 5.74) is 1.67. The predicted molar refractivity (Wildman–Crippen MR) is 64.1 cm³/mol. The van der Waals surface area contributed by atoms with E-state index in [1.165, 1.54) is 19.3 Å². The van der Waals surface area contributed by atoms with Crippen LogP contribution in [0.25, 0.3) is 0 Å². The Morgan fingerprint density at radius 2 is 2.31 bits per heavy atom. The van der Waals surface area contributed by atoms with Crippen molar-refractivity contribution >= 4 is 5.82 Å². The van der Waals surface area contributed by atoms with Crippen LogP contribution in [-0.4, -0.2) is 11.0 Å². The second-order valence-electron chi connectivity index (χ2n) is 4.72. The highest BCUT2D eigenvalue weighted by atomic mass is 15.0. The van der Waals surface area contributed by atoms with Gasteiger partial charge < -0.3 is 5.32 Å². The molecule has 1 heterocycles. The highest BCUT2D eigenvalue weighted by molar-refractivity contribution is 5.55. The van der Waals surface area contributed by atoms with Gasteiger partial charge in [0.2, 0.25) is 0 Å². The summed E-state index contributed by atoms with van der Waals surface area (Å²) in [5.74, 6) is 1.54. The number of rotatable bonds is 2. The molecule has 2 atom stereocenters. The van der Waals surface area contributed by atoms with Crippen molar-refractivity contribution in [3.63, 3.8) is 0 Å². The second-order valence-corrected chi connectivity index (χ2v) is 4.72. The summed E-state index contributed by atoms with van der Waals surface area (Å²) < 4.78 is 0. The van der Waals surface area contributed by atoms with E-state index in [4.69, 9.17) is 5.26 Å². The van der Waals surface area contributed by atoms with Gasteiger partial charge in [0.1, 0.15) is 11.9 Å². The van der Waals surface area contributed by atoms with Gasteiger partial charge in [-0.25, -0.2) is 4.98 Å². The summed E-state index contributed by atoms with van der Waals surface area (Å²) in [6.45, 7) is 4.22. The largest absolute Gasteiger partial charge is 0.366 e. The molecule has 0 spiro atoms. The number of anilines is 1. The molecule has 3 heteroatoms. The standard InChI is InChI=1S/C13H17N3/c1-9-3-4-11(7-9)16-13-12(8-14)10(2)5-6-15-13/h5-6,9,11H,3-4,7H2,1-2H3,(H,15,16). The molecule has 0 radical (unpaired) electrons. The number of aromatic nitrogens is 1. The Kier molecular flexibility index (Phi) is 3.09. The lowest BCUT2D eigenvalue weighted by atomic mass is 10.1. The molecule has 1 fully saturated rings. The van der Waals surface area contributed by atoms with Gasteiger partial charge in [0, 0.05) is 12.2 Å². The van der Waals surface area contributed by atoms with Gasteiger partial charge in [-0.3, -0.25) is 0 Å². The average molecular weight is 215 g/mol. The van der Waals surface area contributed by atoms with Gasteiger partial charge in [-0.05, 0) is 43.7 Å². The maximum absolute atomic E-state index is 9.10. The average Bonchev–Trinajstić information content (AvgIpc) is 2.64. The summed E-state index contributed by atoms with van der Waals surface area (Å²) in [6, 6.07) is 4.58. The van der Waals surface area contributed by atoms with Crippen molar-refractivity contribution in [1.82, 2.24) is 4.98 Å². The van der Waals surface area contributed by atoms with Crippen LogP contribution >= 0.6 is 0 Å². The minimum Gasteiger partial charge on any atom is -0.366 e. The third kappa shape index (κ3) is 2.16. The summed E-state index contributed by atoms with van der Waals surface area (Å²) in [6.07, 6.45) is 5.39.